The average molecular weight is 519 g/mol. The van der Waals surface area contributed by atoms with Crippen molar-refractivity contribution >= 4 is 56.0 Å². The molecule has 1 N–H and O–H groups in total. The van der Waals surface area contributed by atoms with Crippen LogP contribution in [0.4, 0.5) is 5.69 Å². The van der Waals surface area contributed by atoms with Crippen molar-refractivity contribution < 1.29 is 14.3 Å². The third-order valence-corrected chi connectivity index (χ3v) is 6.80. The molecule has 0 saturated heterocycles. The van der Waals surface area contributed by atoms with Crippen molar-refractivity contribution in [2.45, 2.75) is 0 Å². The lowest BCUT2D eigenvalue weighted by Crippen LogP contribution is -2.14. The molecule has 190 valence electrons. The Balaban J connectivity index is 1.38. The first-order chi connectivity index (χ1) is 19.6. The summed E-state index contributed by atoms with van der Waals surface area (Å²) in [6, 6.07) is 39.5. The minimum absolute atomic E-state index is 0.119. The SMILES string of the molecule is N#C/C(=C\c1c(OC(=O)c2cccc3ccccc23)ccc2ccccc12)C(=O)Nc1ccc2ccccc2c1. The first-order valence-corrected chi connectivity index (χ1v) is 12.7. The van der Waals surface area contributed by atoms with Crippen LogP contribution in [0.15, 0.2) is 127 Å². The molecule has 5 nitrogen and oxygen atoms in total. The van der Waals surface area contributed by atoms with Gasteiger partial charge in [0.1, 0.15) is 17.4 Å². The second kappa shape index (κ2) is 10.6. The fourth-order valence-electron chi connectivity index (χ4n) is 4.83. The van der Waals surface area contributed by atoms with E-state index >= 15 is 0 Å². The van der Waals surface area contributed by atoms with E-state index in [4.69, 9.17) is 4.74 Å². The number of nitrogens with one attached hydrogen (secondary N) is 1. The number of nitrogens with zero attached hydrogens (tertiary/aromatic N) is 1. The Hall–Kier alpha value is -5.73. The van der Waals surface area contributed by atoms with Gasteiger partial charge in [-0.25, -0.2) is 4.79 Å². The third kappa shape index (κ3) is 4.78. The molecular formula is C35H22N2O3. The monoisotopic (exact) mass is 518 g/mol. The van der Waals surface area contributed by atoms with Crippen LogP contribution in [-0.4, -0.2) is 11.9 Å². The summed E-state index contributed by atoms with van der Waals surface area (Å²) >= 11 is 0. The second-order valence-electron chi connectivity index (χ2n) is 9.30. The molecule has 40 heavy (non-hydrogen) atoms. The molecule has 0 unspecified atom stereocenters. The highest BCUT2D eigenvalue weighted by Crippen LogP contribution is 2.32. The number of amides is 1. The number of rotatable bonds is 5. The normalized spacial score (nSPS) is 11.3. The van der Waals surface area contributed by atoms with Gasteiger partial charge in [0, 0.05) is 11.3 Å². The van der Waals surface area contributed by atoms with E-state index < -0.39 is 11.9 Å². The lowest BCUT2D eigenvalue weighted by molar-refractivity contribution is -0.112. The molecular weight excluding hydrogens is 496 g/mol. The highest BCUT2D eigenvalue weighted by atomic mass is 16.5. The quantitative estimate of drug-likeness (QED) is 0.109. The van der Waals surface area contributed by atoms with E-state index in [1.54, 1.807) is 18.2 Å². The Morgan fingerprint density at radius 3 is 2.08 bits per heavy atom. The first-order valence-electron chi connectivity index (χ1n) is 12.7. The summed E-state index contributed by atoms with van der Waals surface area (Å²) < 4.78 is 5.91. The maximum atomic E-state index is 13.4. The molecule has 0 spiro atoms. The molecule has 0 aliphatic heterocycles. The summed E-state index contributed by atoms with van der Waals surface area (Å²) in [4.78, 5) is 26.6. The van der Waals surface area contributed by atoms with E-state index in [1.165, 1.54) is 6.08 Å². The predicted molar refractivity (Wildman–Crippen MR) is 159 cm³/mol. The number of esters is 1. The van der Waals surface area contributed by atoms with E-state index in [0.29, 0.717) is 16.8 Å². The minimum atomic E-state index is -0.558. The summed E-state index contributed by atoms with van der Waals surface area (Å²) in [6.07, 6.45) is 1.48. The number of anilines is 1. The van der Waals surface area contributed by atoms with Gasteiger partial charge < -0.3 is 10.1 Å². The van der Waals surface area contributed by atoms with Crippen molar-refractivity contribution in [3.63, 3.8) is 0 Å². The number of carbonyl (C=O) groups is 2. The van der Waals surface area contributed by atoms with Gasteiger partial charge in [-0.3, -0.25) is 4.79 Å². The standard InChI is InChI=1S/C35H22N2O3/c36-22-27(34(38)37-28-18-16-23-8-1-2-11-26(23)20-28)21-32-30-14-6-4-10-25(30)17-19-33(32)40-35(39)31-15-7-12-24-9-3-5-13-29(24)31/h1-21H,(H,37,38)/b27-21+. The Morgan fingerprint density at radius 2 is 1.30 bits per heavy atom. The van der Waals surface area contributed by atoms with Crippen molar-refractivity contribution in [1.29, 1.82) is 5.26 Å². The third-order valence-electron chi connectivity index (χ3n) is 6.80. The van der Waals surface area contributed by atoms with Crippen LogP contribution in [0.25, 0.3) is 38.4 Å². The van der Waals surface area contributed by atoms with E-state index in [0.717, 1.165) is 32.3 Å². The van der Waals surface area contributed by atoms with Crippen LogP contribution in [0.1, 0.15) is 15.9 Å². The number of ether oxygens (including phenoxy) is 1. The molecule has 6 aromatic rings. The molecule has 0 aliphatic carbocycles. The van der Waals surface area contributed by atoms with Gasteiger partial charge in [-0.15, -0.1) is 0 Å². The Kier molecular flexibility index (Phi) is 6.50. The molecule has 0 saturated carbocycles. The predicted octanol–water partition coefficient (Wildman–Crippen LogP) is 7.91. The lowest BCUT2D eigenvalue weighted by Gasteiger charge is -2.13. The van der Waals surface area contributed by atoms with Gasteiger partial charge in [-0.2, -0.15) is 5.26 Å². The van der Waals surface area contributed by atoms with Crippen molar-refractivity contribution in [2.24, 2.45) is 0 Å². The van der Waals surface area contributed by atoms with Crippen LogP contribution >= 0.6 is 0 Å². The average Bonchev–Trinajstić information content (AvgIpc) is 3.00. The van der Waals surface area contributed by atoms with Crippen LogP contribution in [0.5, 0.6) is 5.75 Å². The summed E-state index contributed by atoms with van der Waals surface area (Å²) in [5, 5.41) is 18.1. The second-order valence-corrected chi connectivity index (χ2v) is 9.30. The summed E-state index contributed by atoms with van der Waals surface area (Å²) in [5.41, 5.74) is 1.35. The van der Waals surface area contributed by atoms with Gasteiger partial charge >= 0.3 is 5.97 Å². The van der Waals surface area contributed by atoms with Gasteiger partial charge in [-0.05, 0) is 62.7 Å². The summed E-state index contributed by atoms with van der Waals surface area (Å²) in [5.74, 6) is -0.833. The van der Waals surface area contributed by atoms with Crippen LogP contribution in [0, 0.1) is 11.3 Å². The maximum absolute atomic E-state index is 13.4. The van der Waals surface area contributed by atoms with Crippen LogP contribution in [-0.2, 0) is 4.79 Å². The van der Waals surface area contributed by atoms with Crippen molar-refractivity contribution in [3.05, 3.63) is 138 Å². The summed E-state index contributed by atoms with van der Waals surface area (Å²) in [7, 11) is 0. The number of hydrogen-bond acceptors (Lipinski definition) is 4. The zero-order valence-electron chi connectivity index (χ0n) is 21.3. The zero-order chi connectivity index (χ0) is 27.5. The van der Waals surface area contributed by atoms with Crippen molar-refractivity contribution in [2.75, 3.05) is 5.32 Å². The molecule has 6 aromatic carbocycles. The smallest absolute Gasteiger partial charge is 0.344 e. The number of hydrogen-bond donors (Lipinski definition) is 1. The minimum Gasteiger partial charge on any atom is -0.422 e. The maximum Gasteiger partial charge on any atom is 0.344 e. The van der Waals surface area contributed by atoms with Crippen LogP contribution < -0.4 is 10.1 Å². The Bertz CT molecular complexity index is 2010. The highest BCUT2D eigenvalue weighted by Gasteiger charge is 2.18. The van der Waals surface area contributed by atoms with E-state index in [2.05, 4.69) is 5.32 Å². The first kappa shape index (κ1) is 24.6. The zero-order valence-corrected chi connectivity index (χ0v) is 21.3. The fourth-order valence-corrected chi connectivity index (χ4v) is 4.83. The van der Waals surface area contributed by atoms with Gasteiger partial charge in [-0.1, -0.05) is 97.1 Å². The number of carbonyl (C=O) groups excluding carboxylic acids is 2. The summed E-state index contributed by atoms with van der Waals surface area (Å²) in [6.45, 7) is 0. The van der Waals surface area contributed by atoms with Crippen molar-refractivity contribution in [3.8, 4) is 11.8 Å². The largest absolute Gasteiger partial charge is 0.422 e. The lowest BCUT2D eigenvalue weighted by atomic mass is 10.0. The molecule has 6 rings (SSSR count). The number of fused-ring (bicyclic) bond motifs is 3. The molecule has 0 aromatic heterocycles. The Labute approximate surface area is 230 Å². The molecule has 0 aliphatic rings. The molecule has 0 atom stereocenters. The molecule has 0 bridgehead atoms. The Morgan fingerprint density at radius 1 is 0.675 bits per heavy atom. The molecule has 0 fully saturated rings. The van der Waals surface area contributed by atoms with Crippen molar-refractivity contribution in [1.82, 2.24) is 0 Å². The van der Waals surface area contributed by atoms with E-state index in [-0.39, 0.29) is 11.3 Å². The van der Waals surface area contributed by atoms with E-state index in [1.807, 2.05) is 109 Å². The topological polar surface area (TPSA) is 79.2 Å². The van der Waals surface area contributed by atoms with Gasteiger partial charge in [0.25, 0.3) is 5.91 Å². The number of nitriles is 1. The molecule has 5 heteroatoms. The van der Waals surface area contributed by atoms with Gasteiger partial charge in [0.2, 0.25) is 0 Å². The number of benzene rings is 6. The van der Waals surface area contributed by atoms with Crippen LogP contribution in [0.2, 0.25) is 0 Å². The fraction of sp³-hybridized carbons (Fsp3) is 0. The highest BCUT2D eigenvalue weighted by molar-refractivity contribution is 6.12. The van der Waals surface area contributed by atoms with Crippen LogP contribution in [0.3, 0.4) is 0 Å². The molecule has 0 heterocycles. The van der Waals surface area contributed by atoms with Gasteiger partial charge in [0.15, 0.2) is 0 Å². The van der Waals surface area contributed by atoms with Gasteiger partial charge in [0.05, 0.1) is 5.56 Å². The molecule has 1 amide bonds. The van der Waals surface area contributed by atoms with E-state index in [9.17, 15) is 14.9 Å². The molecule has 0 radical (unpaired) electrons.